The summed E-state index contributed by atoms with van der Waals surface area (Å²) in [7, 11) is 0. The fraction of sp³-hybridized carbons (Fsp3) is 0.120. The van der Waals surface area contributed by atoms with Crippen molar-refractivity contribution in [3.63, 3.8) is 0 Å². The van der Waals surface area contributed by atoms with Gasteiger partial charge in [-0.15, -0.1) is 0 Å². The third kappa shape index (κ3) is 4.20. The fourth-order valence-corrected chi connectivity index (χ4v) is 3.59. The van der Waals surface area contributed by atoms with Crippen molar-refractivity contribution >= 4 is 32.4 Å². The van der Waals surface area contributed by atoms with Gasteiger partial charge in [-0.3, -0.25) is 0 Å². The van der Waals surface area contributed by atoms with Crippen LogP contribution in [0.2, 0.25) is 0 Å². The van der Waals surface area contributed by atoms with Crippen LogP contribution in [0.15, 0.2) is 89.4 Å². The maximum Gasteiger partial charge on any atom is 0.125 e. The molecule has 0 saturated heterocycles. The fourth-order valence-electron chi connectivity index (χ4n) is 3.33. The average molecular weight is 432 g/mol. The highest BCUT2D eigenvalue weighted by atomic mass is 79.9. The zero-order chi connectivity index (χ0) is 19.3. The van der Waals surface area contributed by atoms with Crippen molar-refractivity contribution in [2.75, 3.05) is 5.32 Å². The Morgan fingerprint density at radius 3 is 2.39 bits per heavy atom. The molecule has 0 atom stereocenters. The first-order chi connectivity index (χ1) is 13.7. The van der Waals surface area contributed by atoms with Crippen molar-refractivity contribution in [3.05, 3.63) is 106 Å². The summed E-state index contributed by atoms with van der Waals surface area (Å²) in [6.45, 7) is 3.38. The number of ether oxygens (including phenoxy) is 1. The van der Waals surface area contributed by atoms with Gasteiger partial charge < -0.3 is 10.1 Å². The summed E-state index contributed by atoms with van der Waals surface area (Å²) in [6.07, 6.45) is 0. The first-order valence-corrected chi connectivity index (χ1v) is 10.2. The molecule has 4 aromatic rings. The van der Waals surface area contributed by atoms with Crippen molar-refractivity contribution in [2.24, 2.45) is 0 Å². The van der Waals surface area contributed by atoms with E-state index in [1.807, 2.05) is 12.1 Å². The number of halogens is 1. The zero-order valence-corrected chi connectivity index (χ0v) is 17.4. The summed E-state index contributed by atoms with van der Waals surface area (Å²) in [5.74, 6) is 0.919. The molecule has 0 bridgehead atoms. The molecular formula is C25H22BrNO. The Bertz CT molecular complexity index is 1090. The van der Waals surface area contributed by atoms with E-state index in [0.29, 0.717) is 13.2 Å². The molecule has 0 aliphatic heterocycles. The molecular weight excluding hydrogens is 410 g/mol. The lowest BCUT2D eigenvalue weighted by Crippen LogP contribution is -2.05. The standard InChI is InChI=1S/C25H22BrNO/c1-18-6-2-5-9-24(18)27-16-23-22-8-4-3-7-20(22)12-15-25(23)28-17-19-10-13-21(26)14-11-19/h2-15,27H,16-17H2,1H3. The molecule has 4 rings (SSSR count). The third-order valence-electron chi connectivity index (χ3n) is 4.91. The SMILES string of the molecule is Cc1ccccc1NCc1c(OCc2ccc(Br)cc2)ccc2ccccc12. The number of nitrogens with one attached hydrogen (secondary N) is 1. The number of rotatable bonds is 6. The molecule has 0 spiro atoms. The lowest BCUT2D eigenvalue weighted by molar-refractivity contribution is 0.304. The Morgan fingerprint density at radius 1 is 0.821 bits per heavy atom. The molecule has 3 heteroatoms. The molecule has 28 heavy (non-hydrogen) atoms. The van der Waals surface area contributed by atoms with E-state index >= 15 is 0 Å². The van der Waals surface area contributed by atoms with Crippen LogP contribution in [0, 0.1) is 6.92 Å². The van der Waals surface area contributed by atoms with Crippen LogP contribution in [-0.2, 0) is 13.2 Å². The molecule has 2 nitrogen and oxygen atoms in total. The Kier molecular flexibility index (Phi) is 5.63. The molecule has 0 radical (unpaired) electrons. The summed E-state index contributed by atoms with van der Waals surface area (Å²) in [5, 5.41) is 6.02. The van der Waals surface area contributed by atoms with Gasteiger partial charge in [0.2, 0.25) is 0 Å². The van der Waals surface area contributed by atoms with Gasteiger partial charge in [-0.2, -0.15) is 0 Å². The Morgan fingerprint density at radius 2 is 1.57 bits per heavy atom. The van der Waals surface area contributed by atoms with E-state index < -0.39 is 0 Å². The van der Waals surface area contributed by atoms with E-state index in [-0.39, 0.29) is 0 Å². The first-order valence-electron chi connectivity index (χ1n) is 9.38. The van der Waals surface area contributed by atoms with Crippen molar-refractivity contribution in [1.82, 2.24) is 0 Å². The van der Waals surface area contributed by atoms with Gasteiger partial charge >= 0.3 is 0 Å². The van der Waals surface area contributed by atoms with Crippen LogP contribution in [0.1, 0.15) is 16.7 Å². The molecule has 0 saturated carbocycles. The lowest BCUT2D eigenvalue weighted by Gasteiger charge is -2.16. The average Bonchev–Trinajstić information content (AvgIpc) is 2.73. The predicted octanol–water partition coefficient (Wildman–Crippen LogP) is 7.10. The topological polar surface area (TPSA) is 21.3 Å². The Balaban J connectivity index is 1.62. The molecule has 0 fully saturated rings. The Hall–Kier alpha value is -2.78. The van der Waals surface area contributed by atoms with Crippen molar-refractivity contribution in [3.8, 4) is 5.75 Å². The molecule has 0 heterocycles. The smallest absolute Gasteiger partial charge is 0.125 e. The number of hydrogen-bond donors (Lipinski definition) is 1. The zero-order valence-electron chi connectivity index (χ0n) is 15.8. The molecule has 140 valence electrons. The van der Waals surface area contributed by atoms with Crippen molar-refractivity contribution < 1.29 is 4.74 Å². The molecule has 0 aliphatic carbocycles. The van der Waals surface area contributed by atoms with Crippen LogP contribution in [0.25, 0.3) is 10.8 Å². The number of para-hydroxylation sites is 1. The van der Waals surface area contributed by atoms with Gasteiger partial charge in [0.05, 0.1) is 0 Å². The molecule has 0 amide bonds. The highest BCUT2D eigenvalue weighted by Crippen LogP contribution is 2.30. The second-order valence-electron chi connectivity index (χ2n) is 6.85. The third-order valence-corrected chi connectivity index (χ3v) is 5.43. The molecule has 1 N–H and O–H groups in total. The van der Waals surface area contributed by atoms with Crippen LogP contribution in [0.4, 0.5) is 5.69 Å². The van der Waals surface area contributed by atoms with E-state index in [4.69, 9.17) is 4.74 Å². The predicted molar refractivity (Wildman–Crippen MR) is 121 cm³/mol. The summed E-state index contributed by atoms with van der Waals surface area (Å²) in [4.78, 5) is 0. The van der Waals surface area contributed by atoms with Crippen LogP contribution < -0.4 is 10.1 Å². The highest BCUT2D eigenvalue weighted by molar-refractivity contribution is 9.10. The summed E-state index contributed by atoms with van der Waals surface area (Å²) in [5.41, 5.74) is 4.71. The summed E-state index contributed by atoms with van der Waals surface area (Å²) >= 11 is 3.48. The van der Waals surface area contributed by atoms with Gasteiger partial charge in [0, 0.05) is 22.3 Å². The minimum absolute atomic E-state index is 0.545. The summed E-state index contributed by atoms with van der Waals surface area (Å²) < 4.78 is 7.31. The molecule has 0 unspecified atom stereocenters. The van der Waals surface area contributed by atoms with E-state index in [0.717, 1.165) is 21.5 Å². The lowest BCUT2D eigenvalue weighted by atomic mass is 10.0. The number of fused-ring (bicyclic) bond motifs is 1. The van der Waals surface area contributed by atoms with Crippen LogP contribution in [0.5, 0.6) is 5.75 Å². The second-order valence-corrected chi connectivity index (χ2v) is 7.76. The molecule has 0 aliphatic rings. The monoisotopic (exact) mass is 431 g/mol. The van der Waals surface area contributed by atoms with Gasteiger partial charge in [-0.25, -0.2) is 0 Å². The maximum atomic E-state index is 6.23. The van der Waals surface area contributed by atoms with Gasteiger partial charge in [-0.1, -0.05) is 76.6 Å². The van der Waals surface area contributed by atoms with E-state index in [2.05, 4.69) is 101 Å². The van der Waals surface area contributed by atoms with Crippen molar-refractivity contribution in [2.45, 2.75) is 20.1 Å². The van der Waals surface area contributed by atoms with Gasteiger partial charge in [0.1, 0.15) is 12.4 Å². The largest absolute Gasteiger partial charge is 0.489 e. The van der Waals surface area contributed by atoms with Crippen LogP contribution >= 0.6 is 15.9 Å². The van der Waals surface area contributed by atoms with E-state index in [1.54, 1.807) is 0 Å². The highest BCUT2D eigenvalue weighted by Gasteiger charge is 2.10. The number of aryl methyl sites for hydroxylation is 1. The van der Waals surface area contributed by atoms with E-state index in [1.165, 1.54) is 21.9 Å². The normalized spacial score (nSPS) is 10.8. The van der Waals surface area contributed by atoms with Crippen LogP contribution in [0.3, 0.4) is 0 Å². The number of benzene rings is 4. The minimum atomic E-state index is 0.545. The van der Waals surface area contributed by atoms with E-state index in [9.17, 15) is 0 Å². The van der Waals surface area contributed by atoms with Gasteiger partial charge in [0.15, 0.2) is 0 Å². The number of hydrogen-bond acceptors (Lipinski definition) is 2. The van der Waals surface area contributed by atoms with Crippen LogP contribution in [-0.4, -0.2) is 0 Å². The molecule has 4 aromatic carbocycles. The second kappa shape index (κ2) is 8.49. The maximum absolute atomic E-state index is 6.23. The number of anilines is 1. The van der Waals surface area contributed by atoms with Gasteiger partial charge in [-0.05, 0) is 53.1 Å². The molecule has 0 aromatic heterocycles. The summed E-state index contributed by atoms with van der Waals surface area (Å²) in [6, 6.07) is 29.3. The quantitative estimate of drug-likeness (QED) is 0.351. The van der Waals surface area contributed by atoms with Crippen molar-refractivity contribution in [1.29, 1.82) is 0 Å². The Labute approximate surface area is 174 Å². The van der Waals surface area contributed by atoms with Gasteiger partial charge in [0.25, 0.3) is 0 Å². The minimum Gasteiger partial charge on any atom is -0.489 e. The first kappa shape index (κ1) is 18.6.